The van der Waals surface area contributed by atoms with Crippen molar-refractivity contribution in [2.45, 2.75) is 77.0 Å². The van der Waals surface area contributed by atoms with Crippen molar-refractivity contribution >= 4 is 5.91 Å². The highest BCUT2D eigenvalue weighted by Gasteiger charge is 2.51. The molecule has 3 fully saturated rings. The van der Waals surface area contributed by atoms with Gasteiger partial charge in [0.1, 0.15) is 0 Å². The van der Waals surface area contributed by atoms with Crippen molar-refractivity contribution in [3.8, 4) is 0 Å². The van der Waals surface area contributed by atoms with Crippen molar-refractivity contribution in [1.29, 1.82) is 0 Å². The number of aromatic nitrogens is 2. The average molecular weight is 376 g/mol. The molecule has 1 aliphatic carbocycles. The van der Waals surface area contributed by atoms with Crippen molar-refractivity contribution in [3.05, 3.63) is 11.8 Å². The summed E-state index contributed by atoms with van der Waals surface area (Å²) in [7, 11) is 0. The molecule has 0 bridgehead atoms. The molecule has 2 aliphatic heterocycles. The Morgan fingerprint density at radius 1 is 1.19 bits per heavy atom. The highest BCUT2D eigenvalue weighted by molar-refractivity contribution is 5.77. The monoisotopic (exact) mass is 375 g/mol. The van der Waals surface area contributed by atoms with Gasteiger partial charge in [-0.15, -0.1) is 10.2 Å². The normalized spacial score (nSPS) is 26.2. The van der Waals surface area contributed by atoms with Crippen LogP contribution in [0.15, 0.2) is 4.42 Å². The van der Waals surface area contributed by atoms with Gasteiger partial charge in [-0.05, 0) is 31.6 Å². The molecule has 1 amide bonds. The van der Waals surface area contributed by atoms with Gasteiger partial charge in [-0.25, -0.2) is 0 Å². The van der Waals surface area contributed by atoms with Crippen LogP contribution in [0.1, 0.15) is 88.8 Å². The second kappa shape index (κ2) is 7.90. The fourth-order valence-corrected chi connectivity index (χ4v) is 5.17. The molecule has 3 aliphatic rings. The summed E-state index contributed by atoms with van der Waals surface area (Å²) in [5.74, 6) is 2.66. The van der Waals surface area contributed by atoms with Crippen LogP contribution in [0.2, 0.25) is 0 Å². The van der Waals surface area contributed by atoms with Gasteiger partial charge in [0.25, 0.3) is 0 Å². The van der Waals surface area contributed by atoms with Crippen molar-refractivity contribution in [1.82, 2.24) is 15.1 Å². The van der Waals surface area contributed by atoms with E-state index in [4.69, 9.17) is 9.15 Å². The Balaban J connectivity index is 1.51. The maximum absolute atomic E-state index is 13.1. The number of carbonyl (C=O) groups is 1. The lowest BCUT2D eigenvalue weighted by Crippen LogP contribution is -2.37. The number of likely N-dealkylation sites (tertiary alicyclic amines) is 1. The molecule has 1 spiro atoms. The van der Waals surface area contributed by atoms with E-state index in [0.717, 1.165) is 32.6 Å². The zero-order valence-corrected chi connectivity index (χ0v) is 16.8. The van der Waals surface area contributed by atoms with E-state index in [1.54, 1.807) is 0 Å². The number of rotatable bonds is 4. The van der Waals surface area contributed by atoms with Crippen LogP contribution in [0.5, 0.6) is 0 Å². The summed E-state index contributed by atoms with van der Waals surface area (Å²) in [5.41, 5.74) is 0.0290. The predicted octanol–water partition coefficient (Wildman–Crippen LogP) is 3.89. The highest BCUT2D eigenvalue weighted by atomic mass is 16.5. The Morgan fingerprint density at radius 2 is 1.93 bits per heavy atom. The molecule has 0 aromatic carbocycles. The molecule has 0 N–H and O–H groups in total. The number of amides is 1. The standard InChI is InChI=1S/C21H33N3O3/c1-15(2)19-22-23-20(27-19)17-13-24(14-21(17)8-10-26-11-9-21)18(25)12-16-6-4-3-5-7-16/h15-17H,3-14H2,1-2H3. The Hall–Kier alpha value is -1.43. The van der Waals surface area contributed by atoms with Crippen LogP contribution >= 0.6 is 0 Å². The minimum Gasteiger partial charge on any atom is -0.425 e. The molecule has 6 nitrogen and oxygen atoms in total. The van der Waals surface area contributed by atoms with Crippen LogP contribution in [-0.4, -0.2) is 47.3 Å². The van der Waals surface area contributed by atoms with Crippen LogP contribution in [0.3, 0.4) is 0 Å². The van der Waals surface area contributed by atoms with E-state index in [9.17, 15) is 4.79 Å². The van der Waals surface area contributed by atoms with E-state index < -0.39 is 0 Å². The topological polar surface area (TPSA) is 68.5 Å². The van der Waals surface area contributed by atoms with Gasteiger partial charge >= 0.3 is 0 Å². The van der Waals surface area contributed by atoms with E-state index in [1.165, 1.54) is 32.1 Å². The molecule has 0 radical (unpaired) electrons. The second-order valence-electron chi connectivity index (χ2n) is 9.14. The van der Waals surface area contributed by atoms with Gasteiger partial charge < -0.3 is 14.1 Å². The smallest absolute Gasteiger partial charge is 0.222 e. The number of hydrogen-bond acceptors (Lipinski definition) is 5. The molecule has 4 rings (SSSR count). The molecule has 1 unspecified atom stereocenters. The summed E-state index contributed by atoms with van der Waals surface area (Å²) in [4.78, 5) is 15.1. The summed E-state index contributed by atoms with van der Waals surface area (Å²) in [6.45, 7) is 7.17. The largest absolute Gasteiger partial charge is 0.425 e. The first-order valence-corrected chi connectivity index (χ1v) is 10.8. The third-order valence-corrected chi connectivity index (χ3v) is 6.93. The Bertz CT molecular complexity index is 645. The molecule has 1 aromatic rings. The molecule has 3 heterocycles. The summed E-state index contributed by atoms with van der Waals surface area (Å²) in [5, 5.41) is 8.63. The molecular weight excluding hydrogens is 342 g/mol. The molecule has 2 saturated heterocycles. The first kappa shape index (κ1) is 18.9. The molecular formula is C21H33N3O3. The van der Waals surface area contributed by atoms with Crippen LogP contribution < -0.4 is 0 Å². The van der Waals surface area contributed by atoms with Crippen LogP contribution in [0.4, 0.5) is 0 Å². The van der Waals surface area contributed by atoms with Crippen molar-refractivity contribution in [3.63, 3.8) is 0 Å². The highest BCUT2D eigenvalue weighted by Crippen LogP contribution is 2.49. The SMILES string of the molecule is CC(C)c1nnc(C2CN(C(=O)CC3CCCCC3)CC23CCOCC3)o1. The quantitative estimate of drug-likeness (QED) is 0.799. The van der Waals surface area contributed by atoms with Gasteiger partial charge in [0, 0.05) is 44.1 Å². The van der Waals surface area contributed by atoms with E-state index >= 15 is 0 Å². The first-order valence-electron chi connectivity index (χ1n) is 10.8. The van der Waals surface area contributed by atoms with Gasteiger partial charge in [0.05, 0.1) is 5.92 Å². The molecule has 1 aromatic heterocycles. The van der Waals surface area contributed by atoms with Crippen molar-refractivity contribution in [2.75, 3.05) is 26.3 Å². The van der Waals surface area contributed by atoms with Crippen LogP contribution in [-0.2, 0) is 9.53 Å². The Labute approximate surface area is 162 Å². The maximum atomic E-state index is 13.1. The minimum atomic E-state index is 0.0290. The van der Waals surface area contributed by atoms with Crippen LogP contribution in [0.25, 0.3) is 0 Å². The van der Waals surface area contributed by atoms with Gasteiger partial charge in [-0.2, -0.15) is 0 Å². The summed E-state index contributed by atoms with van der Waals surface area (Å²) in [6.07, 6.45) is 8.94. The molecule has 1 saturated carbocycles. The van der Waals surface area contributed by atoms with Gasteiger partial charge in [-0.1, -0.05) is 33.1 Å². The number of nitrogens with zero attached hydrogens (tertiary/aromatic N) is 3. The Morgan fingerprint density at radius 3 is 2.59 bits per heavy atom. The van der Waals surface area contributed by atoms with Gasteiger partial charge in [-0.3, -0.25) is 4.79 Å². The number of carbonyl (C=O) groups excluding carboxylic acids is 1. The maximum Gasteiger partial charge on any atom is 0.222 e. The lowest BCUT2D eigenvalue weighted by atomic mass is 9.72. The number of ether oxygens (including phenoxy) is 1. The fourth-order valence-electron chi connectivity index (χ4n) is 5.17. The first-order chi connectivity index (χ1) is 13.1. The van der Waals surface area contributed by atoms with E-state index in [-0.39, 0.29) is 17.3 Å². The summed E-state index contributed by atoms with van der Waals surface area (Å²) < 4.78 is 11.7. The summed E-state index contributed by atoms with van der Waals surface area (Å²) in [6, 6.07) is 0. The summed E-state index contributed by atoms with van der Waals surface area (Å²) >= 11 is 0. The lowest BCUT2D eigenvalue weighted by molar-refractivity contribution is -0.132. The Kier molecular flexibility index (Phi) is 5.53. The van der Waals surface area contributed by atoms with Crippen molar-refractivity contribution in [2.24, 2.45) is 11.3 Å². The third-order valence-electron chi connectivity index (χ3n) is 6.93. The van der Waals surface area contributed by atoms with Crippen molar-refractivity contribution < 1.29 is 13.9 Å². The van der Waals surface area contributed by atoms with Gasteiger partial charge in [0.15, 0.2) is 0 Å². The molecule has 1 atom stereocenters. The molecule has 27 heavy (non-hydrogen) atoms. The fraction of sp³-hybridized carbons (Fsp3) is 0.857. The van der Waals surface area contributed by atoms with E-state index in [0.29, 0.717) is 36.6 Å². The van der Waals surface area contributed by atoms with Crippen LogP contribution in [0, 0.1) is 11.3 Å². The second-order valence-corrected chi connectivity index (χ2v) is 9.14. The zero-order chi connectivity index (χ0) is 18.9. The van der Waals surface area contributed by atoms with E-state index in [1.807, 2.05) is 0 Å². The lowest BCUT2D eigenvalue weighted by Gasteiger charge is -2.36. The average Bonchev–Trinajstić information content (AvgIpc) is 3.29. The molecule has 6 heteroatoms. The molecule has 150 valence electrons. The van der Waals surface area contributed by atoms with Gasteiger partial charge in [0.2, 0.25) is 17.7 Å². The predicted molar refractivity (Wildman–Crippen MR) is 101 cm³/mol. The minimum absolute atomic E-state index is 0.0290. The van der Waals surface area contributed by atoms with E-state index in [2.05, 4.69) is 28.9 Å². The zero-order valence-electron chi connectivity index (χ0n) is 16.8. The third kappa shape index (κ3) is 3.91. The number of hydrogen-bond donors (Lipinski definition) is 0.